The molecule has 0 aliphatic heterocycles. The van der Waals surface area contributed by atoms with Gasteiger partial charge in [0.25, 0.3) is 10.0 Å². The smallest absolute Gasteiger partial charge is 0.264 e. The van der Waals surface area contributed by atoms with Gasteiger partial charge in [0, 0.05) is 34.6 Å². The fourth-order valence-electron chi connectivity index (χ4n) is 4.68. The van der Waals surface area contributed by atoms with Crippen molar-refractivity contribution >= 4 is 62.3 Å². The average molecular weight is 673 g/mol. The van der Waals surface area contributed by atoms with Crippen molar-refractivity contribution < 1.29 is 18.0 Å². The first-order valence-electron chi connectivity index (χ1n) is 14.0. The molecule has 0 fully saturated rings. The van der Waals surface area contributed by atoms with Gasteiger partial charge in [-0.1, -0.05) is 102 Å². The maximum atomic E-state index is 14.4. The Bertz CT molecular complexity index is 1670. The number of carbonyl (C=O) groups excluding carboxylic acids is 2. The maximum Gasteiger partial charge on any atom is 0.264 e. The zero-order valence-corrected chi connectivity index (χ0v) is 27.1. The summed E-state index contributed by atoms with van der Waals surface area (Å²) in [5.74, 6) is -0.956. The summed E-state index contributed by atoms with van der Waals surface area (Å²) in [4.78, 5) is 29.5. The van der Waals surface area contributed by atoms with Crippen LogP contribution in [0.1, 0.15) is 24.5 Å². The Morgan fingerprint density at radius 3 is 2.00 bits per heavy atom. The van der Waals surface area contributed by atoms with E-state index in [9.17, 15) is 18.0 Å². The van der Waals surface area contributed by atoms with Crippen molar-refractivity contribution in [2.45, 2.75) is 37.2 Å². The zero-order valence-electron chi connectivity index (χ0n) is 24.0. The number of nitrogens with zero attached hydrogens (tertiary/aromatic N) is 2. The van der Waals surface area contributed by atoms with Crippen molar-refractivity contribution in [3.8, 4) is 0 Å². The molecule has 0 unspecified atom stereocenters. The van der Waals surface area contributed by atoms with Crippen molar-refractivity contribution in [2.75, 3.05) is 17.4 Å². The molecule has 2 amide bonds. The van der Waals surface area contributed by atoms with E-state index in [-0.39, 0.29) is 39.5 Å². The zero-order chi connectivity index (χ0) is 31.7. The van der Waals surface area contributed by atoms with Gasteiger partial charge in [-0.2, -0.15) is 0 Å². The number of hydrogen-bond donors (Lipinski definition) is 1. The summed E-state index contributed by atoms with van der Waals surface area (Å²) in [6, 6.07) is 27.5. The van der Waals surface area contributed by atoms with Crippen LogP contribution in [0.15, 0.2) is 108 Å². The van der Waals surface area contributed by atoms with Crippen molar-refractivity contribution in [2.24, 2.45) is 0 Å². The number of amides is 2. The summed E-state index contributed by atoms with van der Waals surface area (Å²) in [5.41, 5.74) is 1.62. The second kappa shape index (κ2) is 15.4. The molecular weight excluding hydrogens is 641 g/mol. The Morgan fingerprint density at radius 1 is 0.773 bits per heavy atom. The predicted octanol–water partition coefficient (Wildman–Crippen LogP) is 7.01. The van der Waals surface area contributed by atoms with Gasteiger partial charge in [0.1, 0.15) is 12.6 Å². The van der Waals surface area contributed by atoms with Crippen LogP contribution in [0.3, 0.4) is 0 Å². The Morgan fingerprint density at radius 2 is 1.39 bits per heavy atom. The van der Waals surface area contributed by atoms with E-state index in [1.807, 2.05) is 37.3 Å². The monoisotopic (exact) mass is 671 g/mol. The molecular formula is C33H32Cl3N3O4S. The highest BCUT2D eigenvalue weighted by Gasteiger charge is 2.34. The molecule has 0 aromatic heterocycles. The molecule has 0 saturated heterocycles. The SMILES string of the molecule is CCCNC(=O)[C@@H](Cc1ccccc1)N(Cc1cccc(Cl)c1)C(=O)CN(c1cc(Cl)cc(Cl)c1)S(=O)(=O)c1ccccc1. The fraction of sp³-hybridized carbons (Fsp3) is 0.212. The molecule has 1 N–H and O–H groups in total. The van der Waals surface area contributed by atoms with Crippen LogP contribution in [0.4, 0.5) is 5.69 Å². The normalized spacial score (nSPS) is 11.9. The second-order valence-corrected chi connectivity index (χ2v) is 13.3. The van der Waals surface area contributed by atoms with E-state index < -0.39 is 28.5 Å². The van der Waals surface area contributed by atoms with E-state index in [0.29, 0.717) is 23.6 Å². The van der Waals surface area contributed by atoms with Crippen molar-refractivity contribution in [1.82, 2.24) is 10.2 Å². The lowest BCUT2D eigenvalue weighted by atomic mass is 10.0. The lowest BCUT2D eigenvalue weighted by Gasteiger charge is -2.34. The number of anilines is 1. The second-order valence-electron chi connectivity index (χ2n) is 10.1. The van der Waals surface area contributed by atoms with Crippen LogP contribution in [0.5, 0.6) is 0 Å². The molecule has 0 heterocycles. The number of carbonyl (C=O) groups is 2. The lowest BCUT2D eigenvalue weighted by Crippen LogP contribution is -2.53. The van der Waals surface area contributed by atoms with E-state index in [0.717, 1.165) is 9.87 Å². The van der Waals surface area contributed by atoms with Crippen molar-refractivity contribution in [1.29, 1.82) is 0 Å². The molecule has 7 nitrogen and oxygen atoms in total. The van der Waals surface area contributed by atoms with Crippen LogP contribution in [0.25, 0.3) is 0 Å². The minimum Gasteiger partial charge on any atom is -0.354 e. The predicted molar refractivity (Wildman–Crippen MR) is 177 cm³/mol. The molecule has 0 bridgehead atoms. The van der Waals surface area contributed by atoms with Gasteiger partial charge in [-0.3, -0.25) is 13.9 Å². The minimum atomic E-state index is -4.27. The van der Waals surface area contributed by atoms with E-state index in [1.165, 1.54) is 35.2 Å². The molecule has 0 saturated carbocycles. The first-order chi connectivity index (χ1) is 21.1. The third kappa shape index (κ3) is 8.76. The van der Waals surface area contributed by atoms with Gasteiger partial charge in [0.05, 0.1) is 10.6 Å². The van der Waals surface area contributed by atoms with Crippen LogP contribution in [-0.4, -0.2) is 44.3 Å². The molecule has 0 aliphatic rings. The standard InChI is InChI=1S/C33H32Cl3N3O4S/c1-2-16-37-33(41)31(18-24-10-5-3-6-11-24)38(22-25-12-9-13-26(34)17-25)32(40)23-39(29-20-27(35)19-28(36)21-29)44(42,43)30-14-7-4-8-15-30/h3-15,17,19-21,31H,2,16,18,22-23H2,1H3,(H,37,41)/t31-/m1/s1. The topological polar surface area (TPSA) is 86.8 Å². The third-order valence-corrected chi connectivity index (χ3v) is 9.27. The Balaban J connectivity index is 1.81. The van der Waals surface area contributed by atoms with Crippen LogP contribution < -0.4 is 9.62 Å². The lowest BCUT2D eigenvalue weighted by molar-refractivity contribution is -0.140. The molecule has 0 radical (unpaired) electrons. The number of nitrogens with one attached hydrogen (secondary N) is 1. The molecule has 11 heteroatoms. The first kappa shape index (κ1) is 33.3. The summed E-state index contributed by atoms with van der Waals surface area (Å²) in [6.45, 7) is 1.73. The van der Waals surface area contributed by atoms with Gasteiger partial charge in [-0.25, -0.2) is 8.42 Å². The number of halogens is 3. The maximum absolute atomic E-state index is 14.4. The Kier molecular flexibility index (Phi) is 11.7. The summed E-state index contributed by atoms with van der Waals surface area (Å²) in [5, 5.41) is 3.78. The average Bonchev–Trinajstić information content (AvgIpc) is 3.00. The van der Waals surface area contributed by atoms with Crippen LogP contribution in [0, 0.1) is 0 Å². The van der Waals surface area contributed by atoms with Gasteiger partial charge >= 0.3 is 0 Å². The quantitative estimate of drug-likeness (QED) is 0.166. The number of sulfonamides is 1. The molecule has 230 valence electrons. The molecule has 1 atom stereocenters. The van der Waals surface area contributed by atoms with Gasteiger partial charge in [0.15, 0.2) is 0 Å². The van der Waals surface area contributed by atoms with Crippen LogP contribution >= 0.6 is 34.8 Å². The summed E-state index contributed by atoms with van der Waals surface area (Å²) in [7, 11) is -4.27. The van der Waals surface area contributed by atoms with Gasteiger partial charge in [-0.15, -0.1) is 0 Å². The highest BCUT2D eigenvalue weighted by Crippen LogP contribution is 2.30. The summed E-state index contributed by atoms with van der Waals surface area (Å²) >= 11 is 18.8. The molecule has 0 spiro atoms. The Labute approximate surface area is 273 Å². The van der Waals surface area contributed by atoms with Crippen molar-refractivity contribution in [3.63, 3.8) is 0 Å². The molecule has 44 heavy (non-hydrogen) atoms. The number of rotatable bonds is 13. The first-order valence-corrected chi connectivity index (χ1v) is 16.6. The fourth-order valence-corrected chi connectivity index (χ4v) is 6.83. The molecule has 0 aliphatic carbocycles. The van der Waals surface area contributed by atoms with E-state index >= 15 is 0 Å². The number of benzene rings is 4. The van der Waals surface area contributed by atoms with Gasteiger partial charge in [-0.05, 0) is 60.0 Å². The summed E-state index contributed by atoms with van der Waals surface area (Å²) < 4.78 is 29.0. The highest BCUT2D eigenvalue weighted by molar-refractivity contribution is 7.92. The molecule has 4 rings (SSSR count). The highest BCUT2D eigenvalue weighted by atomic mass is 35.5. The van der Waals surface area contributed by atoms with E-state index in [1.54, 1.807) is 42.5 Å². The van der Waals surface area contributed by atoms with E-state index in [4.69, 9.17) is 34.8 Å². The Hall–Kier alpha value is -3.56. The molecule has 4 aromatic carbocycles. The van der Waals surface area contributed by atoms with Gasteiger partial charge < -0.3 is 10.2 Å². The minimum absolute atomic E-state index is 0.00592. The summed E-state index contributed by atoms with van der Waals surface area (Å²) in [6.07, 6.45) is 0.905. The molecule has 4 aromatic rings. The van der Waals surface area contributed by atoms with Crippen LogP contribution in [-0.2, 0) is 32.6 Å². The number of hydrogen-bond acceptors (Lipinski definition) is 4. The van der Waals surface area contributed by atoms with Gasteiger partial charge in [0.2, 0.25) is 11.8 Å². The third-order valence-electron chi connectivity index (χ3n) is 6.81. The van der Waals surface area contributed by atoms with Crippen molar-refractivity contribution in [3.05, 3.63) is 129 Å². The van der Waals surface area contributed by atoms with E-state index in [2.05, 4.69) is 5.32 Å². The van der Waals surface area contributed by atoms with Crippen LogP contribution in [0.2, 0.25) is 15.1 Å². The largest absolute Gasteiger partial charge is 0.354 e.